The molecule has 6 nitrogen and oxygen atoms in total. The lowest BCUT2D eigenvalue weighted by Gasteiger charge is -2.29. The molecule has 0 aromatic carbocycles. The van der Waals surface area contributed by atoms with E-state index in [1.807, 2.05) is 0 Å². The fourth-order valence-corrected chi connectivity index (χ4v) is 2.62. The van der Waals surface area contributed by atoms with Crippen LogP contribution in [0, 0.1) is 5.41 Å². The molecular weight excluding hydrogens is 276 g/mol. The smallest absolute Gasteiger partial charge is 0.309 e. The lowest BCUT2D eigenvalue weighted by atomic mass is 9.75. The van der Waals surface area contributed by atoms with Crippen molar-refractivity contribution in [2.75, 3.05) is 13.2 Å². The predicted octanol–water partition coefficient (Wildman–Crippen LogP) is 2.03. The van der Waals surface area contributed by atoms with Gasteiger partial charge in [0.15, 0.2) is 0 Å². The number of unbranched alkanes of at least 4 members (excludes halogenated alkanes) is 3. The van der Waals surface area contributed by atoms with Gasteiger partial charge < -0.3 is 20.4 Å². The molecule has 0 rings (SSSR count). The zero-order valence-electron chi connectivity index (χ0n) is 12.6. The molecule has 0 saturated carbocycles. The van der Waals surface area contributed by atoms with E-state index in [0.29, 0.717) is 38.5 Å². The number of carboxylic acid groups (broad SMARTS) is 2. The maximum atomic E-state index is 11.6. The van der Waals surface area contributed by atoms with Crippen molar-refractivity contribution in [2.24, 2.45) is 5.41 Å². The van der Waals surface area contributed by atoms with Crippen LogP contribution in [0.2, 0.25) is 0 Å². The third kappa shape index (κ3) is 8.67. The number of hydrogen-bond donors (Lipinski definition) is 4. The molecule has 0 aromatic heterocycles. The van der Waals surface area contributed by atoms with E-state index in [0.717, 1.165) is 19.3 Å². The highest BCUT2D eigenvalue weighted by molar-refractivity contribution is 5.74. The fraction of sp³-hybridized carbons (Fsp3) is 0.867. The van der Waals surface area contributed by atoms with Gasteiger partial charge in [-0.1, -0.05) is 19.3 Å². The van der Waals surface area contributed by atoms with E-state index in [1.165, 1.54) is 0 Å². The molecular formula is C15H28O6. The van der Waals surface area contributed by atoms with Crippen molar-refractivity contribution in [2.45, 2.75) is 64.2 Å². The van der Waals surface area contributed by atoms with Crippen molar-refractivity contribution in [3.8, 4) is 0 Å². The maximum absolute atomic E-state index is 11.6. The zero-order chi connectivity index (χ0) is 16.1. The van der Waals surface area contributed by atoms with Gasteiger partial charge >= 0.3 is 11.9 Å². The Bertz CT molecular complexity index is 295. The van der Waals surface area contributed by atoms with Crippen LogP contribution in [0.1, 0.15) is 64.2 Å². The summed E-state index contributed by atoms with van der Waals surface area (Å²) < 4.78 is 0. The van der Waals surface area contributed by atoms with Crippen LogP contribution in [0.3, 0.4) is 0 Å². The van der Waals surface area contributed by atoms with Crippen LogP contribution in [-0.2, 0) is 9.59 Å². The van der Waals surface area contributed by atoms with Gasteiger partial charge in [0.2, 0.25) is 0 Å². The number of rotatable bonds is 14. The molecule has 6 heteroatoms. The van der Waals surface area contributed by atoms with E-state index >= 15 is 0 Å². The lowest BCUT2D eigenvalue weighted by Crippen LogP contribution is -2.32. The summed E-state index contributed by atoms with van der Waals surface area (Å²) in [5.41, 5.74) is -0.877. The summed E-state index contributed by atoms with van der Waals surface area (Å²) in [5, 5.41) is 35.9. The van der Waals surface area contributed by atoms with Crippen LogP contribution in [0.25, 0.3) is 0 Å². The Morgan fingerprint density at radius 1 is 0.714 bits per heavy atom. The molecule has 0 aliphatic heterocycles. The third-order valence-electron chi connectivity index (χ3n) is 3.88. The Hall–Kier alpha value is -1.14. The largest absolute Gasteiger partial charge is 0.481 e. The monoisotopic (exact) mass is 304 g/mol. The second-order valence-corrected chi connectivity index (χ2v) is 5.55. The molecule has 0 aromatic rings. The van der Waals surface area contributed by atoms with E-state index in [-0.39, 0.29) is 19.6 Å². The Balaban J connectivity index is 4.30. The lowest BCUT2D eigenvalue weighted by molar-refractivity contribution is -0.151. The topological polar surface area (TPSA) is 115 Å². The Morgan fingerprint density at radius 3 is 1.62 bits per heavy atom. The van der Waals surface area contributed by atoms with E-state index in [1.54, 1.807) is 0 Å². The first-order valence-corrected chi connectivity index (χ1v) is 7.65. The van der Waals surface area contributed by atoms with Crippen molar-refractivity contribution in [3.05, 3.63) is 0 Å². The molecule has 0 atom stereocenters. The molecule has 21 heavy (non-hydrogen) atoms. The Kier molecular flexibility index (Phi) is 10.9. The number of aliphatic hydroxyl groups is 2. The first-order chi connectivity index (χ1) is 9.98. The van der Waals surface area contributed by atoms with Crippen molar-refractivity contribution < 1.29 is 30.0 Å². The van der Waals surface area contributed by atoms with E-state index in [9.17, 15) is 14.7 Å². The molecule has 0 fully saturated rings. The van der Waals surface area contributed by atoms with Gasteiger partial charge in [-0.2, -0.15) is 0 Å². The van der Waals surface area contributed by atoms with E-state index in [2.05, 4.69) is 0 Å². The standard InChI is InChI=1S/C15H28O6/c16-11-5-9-15(14(20)21,10-6-12-17)8-4-2-1-3-7-13(18)19/h16-17H,1-12H2,(H,18,19)(H,20,21). The van der Waals surface area contributed by atoms with Gasteiger partial charge in [0.25, 0.3) is 0 Å². The molecule has 0 aliphatic carbocycles. The van der Waals surface area contributed by atoms with Crippen molar-refractivity contribution in [3.63, 3.8) is 0 Å². The fourth-order valence-electron chi connectivity index (χ4n) is 2.62. The van der Waals surface area contributed by atoms with Crippen LogP contribution in [-0.4, -0.2) is 45.6 Å². The highest BCUT2D eigenvalue weighted by Gasteiger charge is 2.36. The summed E-state index contributed by atoms with van der Waals surface area (Å²) >= 11 is 0. The van der Waals surface area contributed by atoms with Gasteiger partial charge in [0.1, 0.15) is 0 Å². The predicted molar refractivity (Wildman–Crippen MR) is 78.0 cm³/mol. The van der Waals surface area contributed by atoms with E-state index < -0.39 is 17.4 Å². The maximum Gasteiger partial charge on any atom is 0.309 e. The molecule has 0 amide bonds. The Labute approximate surface area is 125 Å². The summed E-state index contributed by atoms with van der Waals surface area (Å²) in [4.78, 5) is 22.0. The van der Waals surface area contributed by atoms with Crippen molar-refractivity contribution in [1.82, 2.24) is 0 Å². The highest BCUT2D eigenvalue weighted by Crippen LogP contribution is 2.36. The van der Waals surface area contributed by atoms with Crippen LogP contribution < -0.4 is 0 Å². The van der Waals surface area contributed by atoms with Crippen molar-refractivity contribution >= 4 is 11.9 Å². The molecule has 0 spiro atoms. The molecule has 4 N–H and O–H groups in total. The normalized spacial score (nSPS) is 11.5. The van der Waals surface area contributed by atoms with Crippen LogP contribution >= 0.6 is 0 Å². The number of hydrogen-bond acceptors (Lipinski definition) is 4. The zero-order valence-corrected chi connectivity index (χ0v) is 12.6. The second kappa shape index (κ2) is 11.5. The Morgan fingerprint density at radius 2 is 1.19 bits per heavy atom. The van der Waals surface area contributed by atoms with Gasteiger partial charge in [0, 0.05) is 19.6 Å². The highest BCUT2D eigenvalue weighted by atomic mass is 16.4. The van der Waals surface area contributed by atoms with Gasteiger partial charge in [-0.15, -0.1) is 0 Å². The van der Waals surface area contributed by atoms with E-state index in [4.69, 9.17) is 15.3 Å². The third-order valence-corrected chi connectivity index (χ3v) is 3.88. The van der Waals surface area contributed by atoms with Gasteiger partial charge in [0.05, 0.1) is 5.41 Å². The van der Waals surface area contributed by atoms with Gasteiger partial charge in [-0.25, -0.2) is 0 Å². The van der Waals surface area contributed by atoms with Crippen LogP contribution in [0.15, 0.2) is 0 Å². The minimum atomic E-state index is -0.877. The molecule has 0 aliphatic rings. The van der Waals surface area contributed by atoms with Gasteiger partial charge in [-0.3, -0.25) is 9.59 Å². The summed E-state index contributed by atoms with van der Waals surface area (Å²) in [5.74, 6) is -1.67. The SMILES string of the molecule is O=C(O)CCCCCCC(CCCO)(CCCO)C(=O)O. The molecule has 0 unspecified atom stereocenters. The molecule has 0 bridgehead atoms. The average molecular weight is 304 g/mol. The summed E-state index contributed by atoms with van der Waals surface area (Å²) in [6.07, 6.45) is 5.29. The summed E-state index contributed by atoms with van der Waals surface area (Å²) in [6.45, 7) is -0.0699. The first-order valence-electron chi connectivity index (χ1n) is 7.65. The number of carboxylic acids is 2. The van der Waals surface area contributed by atoms with Crippen LogP contribution in [0.4, 0.5) is 0 Å². The van der Waals surface area contributed by atoms with Crippen LogP contribution in [0.5, 0.6) is 0 Å². The second-order valence-electron chi connectivity index (χ2n) is 5.55. The summed E-state index contributed by atoms with van der Waals surface area (Å²) in [7, 11) is 0. The number of aliphatic hydroxyl groups excluding tert-OH is 2. The average Bonchev–Trinajstić information content (AvgIpc) is 2.44. The number of aliphatic carboxylic acids is 2. The molecule has 124 valence electrons. The quantitative estimate of drug-likeness (QED) is 0.365. The molecule has 0 saturated heterocycles. The summed E-state index contributed by atoms with van der Waals surface area (Å²) in [6, 6.07) is 0. The minimum absolute atomic E-state index is 0.0350. The molecule has 0 heterocycles. The minimum Gasteiger partial charge on any atom is -0.481 e. The first kappa shape index (κ1) is 19.9. The van der Waals surface area contributed by atoms with Gasteiger partial charge in [-0.05, 0) is 38.5 Å². The molecule has 0 radical (unpaired) electrons. The number of carbonyl (C=O) groups is 2. The van der Waals surface area contributed by atoms with Crippen molar-refractivity contribution in [1.29, 1.82) is 0 Å².